The molecule has 50 valence electrons. The maximum absolute atomic E-state index is 3.96. The molecule has 2 rings (SSSR count). The van der Waals surface area contributed by atoms with Crippen LogP contribution >= 0.6 is 0 Å². The van der Waals surface area contributed by atoms with Crippen LogP contribution < -0.4 is 0 Å². The van der Waals surface area contributed by atoms with Gasteiger partial charge in [-0.3, -0.25) is 5.10 Å². The van der Waals surface area contributed by atoms with E-state index in [1.54, 1.807) is 0 Å². The maximum Gasteiger partial charge on any atom is 0.0551 e. The van der Waals surface area contributed by atoms with E-state index < -0.39 is 0 Å². The molecule has 0 aromatic carbocycles. The third-order valence-electron chi connectivity index (χ3n) is 1.69. The van der Waals surface area contributed by atoms with Crippen molar-refractivity contribution >= 4 is 0 Å². The monoisotopic (exact) mass is 132 g/mol. The van der Waals surface area contributed by atoms with Gasteiger partial charge in [0.25, 0.3) is 0 Å². The zero-order valence-corrected chi connectivity index (χ0v) is 5.76. The van der Waals surface area contributed by atoms with E-state index in [4.69, 9.17) is 0 Å². The van der Waals surface area contributed by atoms with Gasteiger partial charge < -0.3 is 0 Å². The average Bonchev–Trinajstić information content (AvgIpc) is 2.36. The summed E-state index contributed by atoms with van der Waals surface area (Å²) in [5, 5.41) is 6.87. The highest BCUT2D eigenvalue weighted by molar-refractivity contribution is 5.66. The van der Waals surface area contributed by atoms with E-state index in [0.29, 0.717) is 0 Å². The summed E-state index contributed by atoms with van der Waals surface area (Å²) in [5.74, 6) is 0. The minimum absolute atomic E-state index is 1.13. The van der Waals surface area contributed by atoms with Crippen LogP contribution in [0.5, 0.6) is 0 Å². The van der Waals surface area contributed by atoms with Crippen LogP contribution in [0.15, 0.2) is 24.4 Å². The molecule has 2 heteroatoms. The Morgan fingerprint density at radius 3 is 3.10 bits per heavy atom. The molecule has 0 unspecified atom stereocenters. The minimum atomic E-state index is 1.13. The third kappa shape index (κ3) is 0.620. The smallest absolute Gasteiger partial charge is 0.0551 e. The number of aryl methyl sites for hydroxylation is 1. The average molecular weight is 132 g/mol. The van der Waals surface area contributed by atoms with Crippen molar-refractivity contribution in [2.75, 3.05) is 0 Å². The van der Waals surface area contributed by atoms with Gasteiger partial charge in [0.15, 0.2) is 0 Å². The molecular formula is C8H8N2. The summed E-state index contributed by atoms with van der Waals surface area (Å²) in [6, 6.07) is 6.18. The molecule has 1 aliphatic heterocycles. The molecule has 0 radical (unpaired) electrons. The zero-order chi connectivity index (χ0) is 6.97. The molecule has 0 fully saturated rings. The summed E-state index contributed by atoms with van der Waals surface area (Å²) in [6.07, 6.45) is 1.84. The van der Waals surface area contributed by atoms with Crippen molar-refractivity contribution < 1.29 is 0 Å². The second kappa shape index (κ2) is 1.84. The Bertz CT molecular complexity index is 311. The fourth-order valence-corrected chi connectivity index (χ4v) is 1.15. The van der Waals surface area contributed by atoms with Crippen molar-refractivity contribution in [3.63, 3.8) is 0 Å². The molecule has 1 N–H and O–H groups in total. The topological polar surface area (TPSA) is 28.7 Å². The first-order chi connectivity index (χ1) is 4.88. The Kier molecular flexibility index (Phi) is 1.01. The SMILES string of the molecule is Cc1[nH]ncc2cccc1-2. The molecule has 0 saturated carbocycles. The molecule has 0 spiro atoms. The van der Waals surface area contributed by atoms with Gasteiger partial charge in [0.05, 0.1) is 6.20 Å². The van der Waals surface area contributed by atoms with Crippen molar-refractivity contribution in [2.45, 2.75) is 6.92 Å². The molecule has 0 amide bonds. The van der Waals surface area contributed by atoms with Crippen LogP contribution in [0.25, 0.3) is 11.1 Å². The lowest BCUT2D eigenvalue weighted by Crippen LogP contribution is -1.88. The number of fused-ring (bicyclic) bond motifs is 1. The highest BCUT2D eigenvalue weighted by Gasteiger charge is 2.02. The Balaban J connectivity index is 2.80. The maximum atomic E-state index is 3.96. The first kappa shape index (κ1) is 5.47. The van der Waals surface area contributed by atoms with E-state index in [1.807, 2.05) is 19.2 Å². The van der Waals surface area contributed by atoms with E-state index in [9.17, 15) is 0 Å². The quantitative estimate of drug-likeness (QED) is 0.582. The normalized spacial score (nSPS) is 10.5. The van der Waals surface area contributed by atoms with Gasteiger partial charge in [-0.25, -0.2) is 0 Å². The third-order valence-corrected chi connectivity index (χ3v) is 1.69. The molecule has 0 atom stereocenters. The molecular weight excluding hydrogens is 124 g/mol. The van der Waals surface area contributed by atoms with Gasteiger partial charge in [-0.05, 0) is 6.92 Å². The van der Waals surface area contributed by atoms with Crippen LogP contribution in [-0.2, 0) is 0 Å². The molecule has 0 aromatic rings. The summed E-state index contributed by atoms with van der Waals surface area (Å²) < 4.78 is 0. The van der Waals surface area contributed by atoms with E-state index in [-0.39, 0.29) is 0 Å². The van der Waals surface area contributed by atoms with E-state index in [0.717, 1.165) is 5.69 Å². The summed E-state index contributed by atoms with van der Waals surface area (Å²) in [5.41, 5.74) is 3.59. The van der Waals surface area contributed by atoms with Gasteiger partial charge in [-0.2, -0.15) is 5.10 Å². The molecule has 10 heavy (non-hydrogen) atoms. The highest BCUT2D eigenvalue weighted by Crippen LogP contribution is 2.22. The van der Waals surface area contributed by atoms with Crippen LogP contribution in [0.4, 0.5) is 0 Å². The second-order valence-corrected chi connectivity index (χ2v) is 2.39. The van der Waals surface area contributed by atoms with E-state index in [1.165, 1.54) is 11.1 Å². The number of H-pyrrole nitrogens is 1. The highest BCUT2D eigenvalue weighted by atomic mass is 15.1. The van der Waals surface area contributed by atoms with E-state index >= 15 is 0 Å². The lowest BCUT2D eigenvalue weighted by atomic mass is 10.1. The first-order valence-corrected chi connectivity index (χ1v) is 3.26. The van der Waals surface area contributed by atoms with Gasteiger partial charge in [0.2, 0.25) is 0 Å². The van der Waals surface area contributed by atoms with Gasteiger partial charge >= 0.3 is 0 Å². The summed E-state index contributed by atoms with van der Waals surface area (Å²) in [7, 11) is 0. The van der Waals surface area contributed by atoms with Crippen molar-refractivity contribution in [1.82, 2.24) is 10.2 Å². The van der Waals surface area contributed by atoms with Gasteiger partial charge in [0, 0.05) is 16.8 Å². The Labute approximate surface area is 59.2 Å². The standard InChI is InChI=1S/C8H8N2/c1-6-8-4-2-3-7(8)5-9-10-6/h2-5,10H,1H3. The molecule has 2 aliphatic rings. The van der Waals surface area contributed by atoms with Crippen LogP contribution in [0.1, 0.15) is 5.69 Å². The van der Waals surface area contributed by atoms with E-state index in [2.05, 4.69) is 22.3 Å². The summed E-state index contributed by atoms with van der Waals surface area (Å²) in [4.78, 5) is 0. The Morgan fingerprint density at radius 2 is 2.30 bits per heavy atom. The van der Waals surface area contributed by atoms with Crippen LogP contribution in [0, 0.1) is 6.92 Å². The summed E-state index contributed by atoms with van der Waals surface area (Å²) in [6.45, 7) is 2.02. The Hall–Kier alpha value is -1.31. The molecule has 0 saturated heterocycles. The van der Waals surface area contributed by atoms with Gasteiger partial charge in [0.1, 0.15) is 0 Å². The fourth-order valence-electron chi connectivity index (χ4n) is 1.15. The van der Waals surface area contributed by atoms with Crippen molar-refractivity contribution in [3.8, 4) is 11.1 Å². The van der Waals surface area contributed by atoms with Crippen molar-refractivity contribution in [2.24, 2.45) is 0 Å². The molecule has 1 aliphatic carbocycles. The molecule has 1 heterocycles. The molecule has 0 bridgehead atoms. The predicted molar refractivity (Wildman–Crippen MR) is 39.9 cm³/mol. The van der Waals surface area contributed by atoms with Crippen molar-refractivity contribution in [3.05, 3.63) is 30.1 Å². The minimum Gasteiger partial charge on any atom is -0.282 e. The van der Waals surface area contributed by atoms with Crippen molar-refractivity contribution in [1.29, 1.82) is 0 Å². The van der Waals surface area contributed by atoms with Crippen LogP contribution in [-0.4, -0.2) is 10.2 Å². The first-order valence-electron chi connectivity index (χ1n) is 3.26. The number of hydrogen-bond acceptors (Lipinski definition) is 1. The number of rotatable bonds is 0. The summed E-state index contributed by atoms with van der Waals surface area (Å²) >= 11 is 0. The number of hydrogen-bond donors (Lipinski definition) is 1. The largest absolute Gasteiger partial charge is 0.282 e. The van der Waals surface area contributed by atoms with Gasteiger partial charge in [-0.1, -0.05) is 18.2 Å². The fraction of sp³-hybridized carbons (Fsp3) is 0.125. The number of nitrogens with one attached hydrogen (secondary N) is 1. The van der Waals surface area contributed by atoms with Crippen LogP contribution in [0.3, 0.4) is 0 Å². The second-order valence-electron chi connectivity index (χ2n) is 2.39. The zero-order valence-electron chi connectivity index (χ0n) is 5.76. The molecule has 0 aromatic heterocycles. The lowest BCUT2D eigenvalue weighted by molar-refractivity contribution is 0.985. The van der Waals surface area contributed by atoms with Gasteiger partial charge in [-0.15, -0.1) is 0 Å². The number of nitrogens with zero attached hydrogens (tertiary/aromatic N) is 1. The number of aromatic amines is 1. The number of aromatic nitrogens is 2. The Morgan fingerprint density at radius 1 is 1.40 bits per heavy atom. The molecule has 2 nitrogen and oxygen atoms in total. The lowest BCUT2D eigenvalue weighted by Gasteiger charge is -1.99. The van der Waals surface area contributed by atoms with Crippen LogP contribution in [0.2, 0.25) is 0 Å². The predicted octanol–water partition coefficient (Wildman–Crippen LogP) is 1.82.